The lowest BCUT2D eigenvalue weighted by molar-refractivity contribution is -0.138. The summed E-state index contributed by atoms with van der Waals surface area (Å²) in [5, 5.41) is 0. The van der Waals surface area contributed by atoms with Gasteiger partial charge in [0.1, 0.15) is 6.10 Å². The Labute approximate surface area is 59.6 Å². The van der Waals surface area contributed by atoms with Crippen LogP contribution in [0.1, 0.15) is 19.3 Å². The molecular weight excluding hydrogens is 128 g/mol. The normalized spacial score (nSPS) is 55.8. The molecule has 0 aromatic carbocycles. The van der Waals surface area contributed by atoms with Crippen molar-refractivity contribution in [3.63, 3.8) is 0 Å². The molecule has 2 aliphatic heterocycles. The average molecular weight is 138 g/mol. The second-order valence-corrected chi connectivity index (χ2v) is 3.69. The molecule has 0 aromatic rings. The molecule has 2 saturated carbocycles. The van der Waals surface area contributed by atoms with Gasteiger partial charge in [-0.2, -0.15) is 0 Å². The lowest BCUT2D eigenvalue weighted by Gasteiger charge is -2.44. The Bertz CT molecular complexity index is 187. The van der Waals surface area contributed by atoms with E-state index < -0.39 is 0 Å². The zero-order valence-electron chi connectivity index (χ0n) is 5.75. The van der Waals surface area contributed by atoms with Crippen LogP contribution in [0.25, 0.3) is 0 Å². The van der Waals surface area contributed by atoms with Crippen molar-refractivity contribution in [3.05, 3.63) is 0 Å². The van der Waals surface area contributed by atoms with E-state index in [-0.39, 0.29) is 5.97 Å². The summed E-state index contributed by atoms with van der Waals surface area (Å²) in [5.41, 5.74) is 0. The molecule has 2 heteroatoms. The number of hydrogen-bond acceptors (Lipinski definition) is 2. The molecule has 4 bridgehead atoms. The van der Waals surface area contributed by atoms with Crippen molar-refractivity contribution in [3.8, 4) is 0 Å². The molecule has 0 aromatic heterocycles. The Kier molecular flexibility index (Phi) is 0.715. The van der Waals surface area contributed by atoms with Crippen molar-refractivity contribution < 1.29 is 9.53 Å². The Hall–Kier alpha value is -0.530. The molecule has 0 radical (unpaired) electrons. The van der Waals surface area contributed by atoms with E-state index in [0.717, 1.165) is 0 Å². The highest BCUT2D eigenvalue weighted by Crippen LogP contribution is 2.57. The van der Waals surface area contributed by atoms with E-state index in [2.05, 4.69) is 0 Å². The molecule has 0 N–H and O–H groups in total. The Morgan fingerprint density at radius 3 is 2.40 bits per heavy atom. The third-order valence-corrected chi connectivity index (χ3v) is 3.37. The maximum Gasteiger partial charge on any atom is 0.310 e. The first-order valence-electron chi connectivity index (χ1n) is 4.08. The predicted octanol–water partition coefficient (Wildman–Crippen LogP) is 0.958. The Morgan fingerprint density at radius 2 is 2.00 bits per heavy atom. The van der Waals surface area contributed by atoms with Crippen LogP contribution in [0.5, 0.6) is 0 Å². The van der Waals surface area contributed by atoms with Crippen LogP contribution in [0.3, 0.4) is 0 Å². The highest BCUT2D eigenvalue weighted by molar-refractivity contribution is 5.79. The van der Waals surface area contributed by atoms with Gasteiger partial charge in [-0.1, -0.05) is 6.42 Å². The number of ether oxygens (including phenoxy) is 1. The minimum Gasteiger partial charge on any atom is -0.461 e. The first kappa shape index (κ1) is 5.16. The fourth-order valence-electron chi connectivity index (χ4n) is 2.91. The Morgan fingerprint density at radius 1 is 1.30 bits per heavy atom. The third-order valence-electron chi connectivity index (χ3n) is 3.37. The van der Waals surface area contributed by atoms with Gasteiger partial charge in [-0.3, -0.25) is 4.79 Å². The molecule has 4 fully saturated rings. The molecule has 2 saturated heterocycles. The van der Waals surface area contributed by atoms with Crippen molar-refractivity contribution in [2.75, 3.05) is 0 Å². The fraction of sp³-hybridized carbons (Fsp3) is 0.875. The maximum absolute atomic E-state index is 11.0. The molecule has 2 heterocycles. The summed E-state index contributed by atoms with van der Waals surface area (Å²) in [4.78, 5) is 11.0. The van der Waals surface area contributed by atoms with E-state index in [0.29, 0.717) is 23.9 Å². The van der Waals surface area contributed by atoms with E-state index in [1.54, 1.807) is 0 Å². The first-order chi connectivity index (χ1) is 4.88. The van der Waals surface area contributed by atoms with Crippen LogP contribution in [0.2, 0.25) is 0 Å². The van der Waals surface area contributed by atoms with Crippen LogP contribution < -0.4 is 0 Å². The van der Waals surface area contributed by atoms with Crippen LogP contribution in [0.15, 0.2) is 0 Å². The van der Waals surface area contributed by atoms with E-state index >= 15 is 0 Å². The van der Waals surface area contributed by atoms with Crippen LogP contribution in [-0.2, 0) is 9.53 Å². The smallest absolute Gasteiger partial charge is 0.310 e. The summed E-state index contributed by atoms with van der Waals surface area (Å²) in [6, 6.07) is 0. The van der Waals surface area contributed by atoms with Gasteiger partial charge < -0.3 is 4.74 Å². The van der Waals surface area contributed by atoms with Crippen molar-refractivity contribution >= 4 is 5.97 Å². The highest BCUT2D eigenvalue weighted by atomic mass is 16.6. The predicted molar refractivity (Wildman–Crippen MR) is 34.2 cm³/mol. The Balaban J connectivity index is 1.98. The first-order valence-corrected chi connectivity index (χ1v) is 4.08. The number of fused-ring (bicyclic) bond motifs is 1. The van der Waals surface area contributed by atoms with Gasteiger partial charge in [0.2, 0.25) is 0 Å². The molecule has 2 atom stereocenters. The average Bonchev–Trinajstić information content (AvgIpc) is 2.46. The molecule has 0 spiro atoms. The second-order valence-electron chi connectivity index (χ2n) is 3.69. The van der Waals surface area contributed by atoms with E-state index in [4.69, 9.17) is 4.74 Å². The second kappa shape index (κ2) is 1.39. The summed E-state index contributed by atoms with van der Waals surface area (Å²) in [5.74, 6) is 1.69. The zero-order chi connectivity index (χ0) is 6.72. The van der Waals surface area contributed by atoms with Crippen molar-refractivity contribution in [2.24, 2.45) is 17.8 Å². The van der Waals surface area contributed by atoms with Gasteiger partial charge in [0.15, 0.2) is 0 Å². The molecule has 10 heavy (non-hydrogen) atoms. The van der Waals surface area contributed by atoms with Gasteiger partial charge in [0.25, 0.3) is 0 Å². The maximum atomic E-state index is 11.0. The monoisotopic (exact) mass is 138 g/mol. The molecule has 2 nitrogen and oxygen atoms in total. The summed E-state index contributed by atoms with van der Waals surface area (Å²) >= 11 is 0. The van der Waals surface area contributed by atoms with Crippen LogP contribution in [0.4, 0.5) is 0 Å². The SMILES string of the molecule is O=C1OC2C3CCCC2C13. The number of carbonyl (C=O) groups excluding carboxylic acids is 1. The molecule has 2 aliphatic carbocycles. The topological polar surface area (TPSA) is 26.3 Å². The van der Waals surface area contributed by atoms with Gasteiger partial charge in [-0.15, -0.1) is 0 Å². The number of hydrogen-bond donors (Lipinski definition) is 0. The lowest BCUT2D eigenvalue weighted by atomic mass is 9.57. The standard InChI is InChI=1S/C8H10O2/c9-8-6-4-2-1-3-5(6)7(4)10-8/h4-7H,1-3H2. The summed E-state index contributed by atoms with van der Waals surface area (Å²) in [6.45, 7) is 0. The van der Waals surface area contributed by atoms with Crippen LogP contribution >= 0.6 is 0 Å². The van der Waals surface area contributed by atoms with Gasteiger partial charge in [0, 0.05) is 11.8 Å². The zero-order valence-corrected chi connectivity index (χ0v) is 5.75. The fourth-order valence-corrected chi connectivity index (χ4v) is 2.91. The molecular formula is C8H10O2. The van der Waals surface area contributed by atoms with Gasteiger partial charge in [-0.05, 0) is 12.8 Å². The summed E-state index contributed by atoms with van der Waals surface area (Å²) in [6.07, 6.45) is 4.14. The summed E-state index contributed by atoms with van der Waals surface area (Å²) in [7, 11) is 0. The lowest BCUT2D eigenvalue weighted by Crippen LogP contribution is -2.48. The largest absolute Gasteiger partial charge is 0.461 e. The number of rotatable bonds is 0. The minimum absolute atomic E-state index is 0.0969. The van der Waals surface area contributed by atoms with Gasteiger partial charge in [0.05, 0.1) is 5.92 Å². The van der Waals surface area contributed by atoms with Crippen molar-refractivity contribution in [1.82, 2.24) is 0 Å². The van der Waals surface area contributed by atoms with Crippen LogP contribution in [-0.4, -0.2) is 12.1 Å². The van der Waals surface area contributed by atoms with Crippen molar-refractivity contribution in [1.29, 1.82) is 0 Å². The molecule has 0 amide bonds. The minimum atomic E-state index is 0.0969. The quantitative estimate of drug-likeness (QED) is 0.466. The van der Waals surface area contributed by atoms with E-state index in [1.807, 2.05) is 0 Å². The van der Waals surface area contributed by atoms with Gasteiger partial charge in [-0.25, -0.2) is 0 Å². The highest BCUT2D eigenvalue weighted by Gasteiger charge is 2.64. The third kappa shape index (κ3) is 0.360. The molecule has 2 unspecified atom stereocenters. The van der Waals surface area contributed by atoms with E-state index in [9.17, 15) is 4.79 Å². The molecule has 4 rings (SSSR count). The number of esters is 1. The molecule has 4 aliphatic rings. The summed E-state index contributed by atoms with van der Waals surface area (Å²) < 4.78 is 5.16. The molecule has 54 valence electrons. The number of carbonyl (C=O) groups is 1. The van der Waals surface area contributed by atoms with Gasteiger partial charge >= 0.3 is 5.97 Å². The van der Waals surface area contributed by atoms with Crippen LogP contribution in [0, 0.1) is 17.8 Å². The van der Waals surface area contributed by atoms with E-state index in [1.165, 1.54) is 19.3 Å². The van der Waals surface area contributed by atoms with Crippen molar-refractivity contribution in [2.45, 2.75) is 25.4 Å².